The van der Waals surface area contributed by atoms with Crippen molar-refractivity contribution in [2.24, 2.45) is 5.92 Å². The standard InChI is InChI=1S/C11H21N3O/c1-8(2)6-9-13-10(15-14-9)7-12-11(3,4)5/h8,12H,6-7H2,1-5H3. The quantitative estimate of drug-likeness (QED) is 0.829. The second-order valence-electron chi connectivity index (χ2n) is 5.31. The average Bonchev–Trinajstić information content (AvgIpc) is 2.46. The Morgan fingerprint density at radius 2 is 2.00 bits per heavy atom. The maximum Gasteiger partial charge on any atom is 0.240 e. The summed E-state index contributed by atoms with van der Waals surface area (Å²) in [4.78, 5) is 4.31. The minimum Gasteiger partial charge on any atom is -0.338 e. The molecule has 4 heteroatoms. The lowest BCUT2D eigenvalue weighted by atomic mass is 10.1. The van der Waals surface area contributed by atoms with Crippen molar-refractivity contribution in [2.45, 2.75) is 53.1 Å². The van der Waals surface area contributed by atoms with Crippen LogP contribution in [0.15, 0.2) is 4.52 Å². The van der Waals surface area contributed by atoms with E-state index in [4.69, 9.17) is 4.52 Å². The van der Waals surface area contributed by atoms with Gasteiger partial charge < -0.3 is 9.84 Å². The van der Waals surface area contributed by atoms with Crippen LogP contribution in [0.1, 0.15) is 46.3 Å². The van der Waals surface area contributed by atoms with Crippen LogP contribution >= 0.6 is 0 Å². The summed E-state index contributed by atoms with van der Waals surface area (Å²) in [7, 11) is 0. The highest BCUT2D eigenvalue weighted by Crippen LogP contribution is 2.06. The summed E-state index contributed by atoms with van der Waals surface area (Å²) in [5.74, 6) is 2.03. The molecule has 1 aromatic heterocycles. The topological polar surface area (TPSA) is 51.0 Å². The second-order valence-corrected chi connectivity index (χ2v) is 5.31. The fourth-order valence-corrected chi connectivity index (χ4v) is 1.15. The molecule has 0 aliphatic rings. The van der Waals surface area contributed by atoms with Gasteiger partial charge in [0.1, 0.15) is 0 Å². The van der Waals surface area contributed by atoms with Gasteiger partial charge in [0, 0.05) is 12.0 Å². The molecule has 86 valence electrons. The molecule has 0 aliphatic carbocycles. The van der Waals surface area contributed by atoms with Gasteiger partial charge >= 0.3 is 0 Å². The number of rotatable bonds is 4. The van der Waals surface area contributed by atoms with E-state index in [-0.39, 0.29) is 5.54 Å². The van der Waals surface area contributed by atoms with Crippen LogP contribution in [0.3, 0.4) is 0 Å². The number of hydrogen-bond donors (Lipinski definition) is 1. The Morgan fingerprint density at radius 3 is 2.53 bits per heavy atom. The molecule has 1 rings (SSSR count). The molecule has 0 aromatic carbocycles. The van der Waals surface area contributed by atoms with E-state index in [1.165, 1.54) is 0 Å². The van der Waals surface area contributed by atoms with Gasteiger partial charge in [-0.05, 0) is 26.7 Å². The Kier molecular flexibility index (Phi) is 3.85. The molecule has 1 N–H and O–H groups in total. The maximum absolute atomic E-state index is 5.14. The van der Waals surface area contributed by atoms with Crippen LogP contribution in [-0.2, 0) is 13.0 Å². The Labute approximate surface area is 91.5 Å². The van der Waals surface area contributed by atoms with E-state index in [2.05, 4.69) is 50.1 Å². The molecule has 0 fully saturated rings. The number of aromatic nitrogens is 2. The molecular weight excluding hydrogens is 190 g/mol. The van der Waals surface area contributed by atoms with E-state index in [0.29, 0.717) is 18.4 Å². The van der Waals surface area contributed by atoms with Crippen molar-refractivity contribution in [3.05, 3.63) is 11.7 Å². The smallest absolute Gasteiger partial charge is 0.240 e. The lowest BCUT2D eigenvalue weighted by Gasteiger charge is -2.18. The molecule has 4 nitrogen and oxygen atoms in total. The normalized spacial score (nSPS) is 12.4. The molecule has 1 heterocycles. The number of nitrogens with zero attached hydrogens (tertiary/aromatic N) is 2. The van der Waals surface area contributed by atoms with E-state index in [1.54, 1.807) is 0 Å². The minimum atomic E-state index is 0.0761. The number of nitrogens with one attached hydrogen (secondary N) is 1. The van der Waals surface area contributed by atoms with Crippen molar-refractivity contribution in [3.8, 4) is 0 Å². The Bertz CT molecular complexity index is 299. The van der Waals surface area contributed by atoms with Gasteiger partial charge in [-0.25, -0.2) is 0 Å². The molecule has 0 amide bonds. The Balaban J connectivity index is 2.46. The van der Waals surface area contributed by atoms with E-state index >= 15 is 0 Å². The molecule has 0 bridgehead atoms. The fourth-order valence-electron chi connectivity index (χ4n) is 1.15. The van der Waals surface area contributed by atoms with Crippen molar-refractivity contribution < 1.29 is 4.52 Å². The molecule has 0 saturated carbocycles. The molecule has 0 atom stereocenters. The maximum atomic E-state index is 5.14. The van der Waals surface area contributed by atoms with Gasteiger partial charge in [-0.15, -0.1) is 0 Å². The van der Waals surface area contributed by atoms with Crippen molar-refractivity contribution in [2.75, 3.05) is 0 Å². The first-order valence-electron chi connectivity index (χ1n) is 5.43. The highest BCUT2D eigenvalue weighted by Gasteiger charge is 2.12. The van der Waals surface area contributed by atoms with Gasteiger partial charge in [0.05, 0.1) is 6.54 Å². The number of hydrogen-bond acceptors (Lipinski definition) is 4. The summed E-state index contributed by atoms with van der Waals surface area (Å²) in [5, 5.41) is 7.24. The Hall–Kier alpha value is -0.900. The molecule has 0 unspecified atom stereocenters. The van der Waals surface area contributed by atoms with Gasteiger partial charge in [-0.1, -0.05) is 19.0 Å². The van der Waals surface area contributed by atoms with E-state index in [0.717, 1.165) is 12.2 Å². The predicted octanol–water partition coefficient (Wildman–Crippen LogP) is 2.16. The lowest BCUT2D eigenvalue weighted by molar-refractivity contribution is 0.333. The van der Waals surface area contributed by atoms with Crippen molar-refractivity contribution >= 4 is 0 Å². The zero-order valence-corrected chi connectivity index (χ0v) is 10.3. The molecule has 1 aromatic rings. The lowest BCUT2D eigenvalue weighted by Crippen LogP contribution is -2.35. The summed E-state index contributed by atoms with van der Waals surface area (Å²) in [5.41, 5.74) is 0.0761. The first kappa shape index (κ1) is 12.2. The molecule has 0 aliphatic heterocycles. The highest BCUT2D eigenvalue weighted by atomic mass is 16.5. The SMILES string of the molecule is CC(C)Cc1noc(CNC(C)(C)C)n1. The average molecular weight is 211 g/mol. The molecule has 0 spiro atoms. The van der Waals surface area contributed by atoms with Crippen molar-refractivity contribution in [1.82, 2.24) is 15.5 Å². The molecule has 15 heavy (non-hydrogen) atoms. The van der Waals surface area contributed by atoms with Gasteiger partial charge in [0.15, 0.2) is 5.82 Å². The monoisotopic (exact) mass is 211 g/mol. The fraction of sp³-hybridized carbons (Fsp3) is 0.818. The largest absolute Gasteiger partial charge is 0.338 e. The summed E-state index contributed by atoms with van der Waals surface area (Å²) >= 11 is 0. The van der Waals surface area contributed by atoms with Crippen LogP contribution in [0.4, 0.5) is 0 Å². The van der Waals surface area contributed by atoms with E-state index < -0.39 is 0 Å². The molecule has 0 saturated heterocycles. The van der Waals surface area contributed by atoms with Gasteiger partial charge in [-0.2, -0.15) is 4.98 Å². The third-order valence-electron chi connectivity index (χ3n) is 1.87. The zero-order chi connectivity index (χ0) is 11.5. The van der Waals surface area contributed by atoms with Crippen LogP contribution in [0.5, 0.6) is 0 Å². The summed E-state index contributed by atoms with van der Waals surface area (Å²) in [6.07, 6.45) is 0.874. The third-order valence-corrected chi connectivity index (χ3v) is 1.87. The summed E-state index contributed by atoms with van der Waals surface area (Å²) < 4.78 is 5.14. The van der Waals surface area contributed by atoms with Crippen LogP contribution in [0, 0.1) is 5.92 Å². The first-order valence-corrected chi connectivity index (χ1v) is 5.43. The van der Waals surface area contributed by atoms with Gasteiger partial charge in [0.2, 0.25) is 5.89 Å². The van der Waals surface area contributed by atoms with Crippen LogP contribution < -0.4 is 5.32 Å². The Morgan fingerprint density at radius 1 is 1.33 bits per heavy atom. The summed E-state index contributed by atoms with van der Waals surface area (Å²) in [6.45, 7) is 11.2. The summed E-state index contributed by atoms with van der Waals surface area (Å²) in [6, 6.07) is 0. The first-order chi connectivity index (χ1) is 6.87. The zero-order valence-electron chi connectivity index (χ0n) is 10.3. The van der Waals surface area contributed by atoms with Gasteiger partial charge in [-0.3, -0.25) is 0 Å². The highest BCUT2D eigenvalue weighted by molar-refractivity contribution is 4.88. The van der Waals surface area contributed by atoms with Crippen molar-refractivity contribution in [3.63, 3.8) is 0 Å². The van der Waals surface area contributed by atoms with Gasteiger partial charge in [0.25, 0.3) is 0 Å². The van der Waals surface area contributed by atoms with Crippen LogP contribution in [-0.4, -0.2) is 15.7 Å². The third kappa shape index (κ3) is 4.93. The van der Waals surface area contributed by atoms with E-state index in [9.17, 15) is 0 Å². The minimum absolute atomic E-state index is 0.0761. The van der Waals surface area contributed by atoms with Crippen LogP contribution in [0.2, 0.25) is 0 Å². The van der Waals surface area contributed by atoms with Crippen LogP contribution in [0.25, 0.3) is 0 Å². The molecular formula is C11H21N3O. The van der Waals surface area contributed by atoms with E-state index in [1.807, 2.05) is 0 Å². The predicted molar refractivity (Wildman–Crippen MR) is 59.4 cm³/mol. The second kappa shape index (κ2) is 4.75. The molecule has 0 radical (unpaired) electrons. The van der Waals surface area contributed by atoms with Crippen molar-refractivity contribution in [1.29, 1.82) is 0 Å².